The predicted octanol–water partition coefficient (Wildman–Crippen LogP) is 1.65. The molecule has 2 aromatic heterocycles. The van der Waals surface area contributed by atoms with Gasteiger partial charge in [0.2, 0.25) is 5.88 Å². The van der Waals surface area contributed by atoms with Crippen LogP contribution < -0.4 is 20.3 Å². The first-order valence-electron chi connectivity index (χ1n) is 8.37. The van der Waals surface area contributed by atoms with Crippen molar-refractivity contribution in [1.82, 2.24) is 25.1 Å². The van der Waals surface area contributed by atoms with Crippen LogP contribution in [0.5, 0.6) is 5.88 Å². The lowest BCUT2D eigenvalue weighted by atomic mass is 10.1. The predicted molar refractivity (Wildman–Crippen MR) is 101 cm³/mol. The normalized spacial score (nSPS) is 11.8. The molecule has 1 atom stereocenters. The Labute approximate surface area is 153 Å². The lowest BCUT2D eigenvalue weighted by Gasteiger charge is -2.19. The van der Waals surface area contributed by atoms with Crippen LogP contribution in [0, 0.1) is 13.8 Å². The van der Waals surface area contributed by atoms with Crippen LogP contribution in [0.4, 0.5) is 16.3 Å². The SMILES string of the molecule is COc1ncnc(N(C)C)c1NC(=O)N[C@H](C)Cc1c(C)nn(C)c1C. The minimum absolute atomic E-state index is 0.0740. The van der Waals surface area contributed by atoms with Gasteiger partial charge in [0.25, 0.3) is 0 Å². The molecule has 2 rings (SSSR count). The van der Waals surface area contributed by atoms with E-state index in [1.165, 1.54) is 13.4 Å². The molecule has 0 aliphatic heterocycles. The summed E-state index contributed by atoms with van der Waals surface area (Å²) in [6.45, 7) is 5.96. The summed E-state index contributed by atoms with van der Waals surface area (Å²) in [5, 5.41) is 10.2. The molecule has 2 aromatic rings. The molecule has 2 amide bonds. The number of ether oxygens (including phenoxy) is 1. The molecule has 9 nitrogen and oxygen atoms in total. The molecule has 2 heterocycles. The first kappa shape index (κ1) is 19.5. The van der Waals surface area contributed by atoms with E-state index in [1.807, 2.05) is 46.6 Å². The first-order valence-corrected chi connectivity index (χ1v) is 8.37. The Balaban J connectivity index is 2.09. The van der Waals surface area contributed by atoms with Crippen molar-refractivity contribution in [2.75, 3.05) is 31.4 Å². The van der Waals surface area contributed by atoms with E-state index >= 15 is 0 Å². The number of amides is 2. The summed E-state index contributed by atoms with van der Waals surface area (Å²) in [6.07, 6.45) is 2.09. The minimum atomic E-state index is -0.340. The van der Waals surface area contributed by atoms with Gasteiger partial charge in [-0.3, -0.25) is 4.68 Å². The fourth-order valence-corrected chi connectivity index (χ4v) is 2.81. The molecule has 0 spiro atoms. The van der Waals surface area contributed by atoms with E-state index in [0.29, 0.717) is 23.8 Å². The molecule has 9 heteroatoms. The number of anilines is 2. The zero-order valence-corrected chi connectivity index (χ0v) is 16.4. The second kappa shape index (κ2) is 8.03. The first-order chi connectivity index (χ1) is 12.2. The number of nitrogens with zero attached hydrogens (tertiary/aromatic N) is 5. The second-order valence-corrected chi connectivity index (χ2v) is 6.45. The summed E-state index contributed by atoms with van der Waals surface area (Å²) >= 11 is 0. The van der Waals surface area contributed by atoms with Gasteiger partial charge in [-0.15, -0.1) is 0 Å². The van der Waals surface area contributed by atoms with Gasteiger partial charge in [0.05, 0.1) is 12.8 Å². The summed E-state index contributed by atoms with van der Waals surface area (Å²) in [4.78, 5) is 22.5. The van der Waals surface area contributed by atoms with Gasteiger partial charge in [-0.25, -0.2) is 9.78 Å². The Bertz CT molecular complexity index is 786. The van der Waals surface area contributed by atoms with Crippen molar-refractivity contribution in [1.29, 1.82) is 0 Å². The summed E-state index contributed by atoms with van der Waals surface area (Å²) in [7, 11) is 7.09. The smallest absolute Gasteiger partial charge is 0.319 e. The highest BCUT2D eigenvalue weighted by molar-refractivity contribution is 5.94. The van der Waals surface area contributed by atoms with Crippen LogP contribution in [0.25, 0.3) is 0 Å². The third-order valence-corrected chi connectivity index (χ3v) is 4.19. The number of urea groups is 1. The van der Waals surface area contributed by atoms with Crippen LogP contribution in [-0.4, -0.2) is 53.0 Å². The molecule has 0 saturated carbocycles. The van der Waals surface area contributed by atoms with Gasteiger partial charge < -0.3 is 20.3 Å². The van der Waals surface area contributed by atoms with Crippen LogP contribution in [0.15, 0.2) is 6.33 Å². The Hall–Kier alpha value is -2.84. The van der Waals surface area contributed by atoms with Crippen LogP contribution >= 0.6 is 0 Å². The number of aromatic nitrogens is 4. The lowest BCUT2D eigenvalue weighted by Crippen LogP contribution is -2.38. The molecule has 0 aliphatic carbocycles. The van der Waals surface area contributed by atoms with Gasteiger partial charge in [0.15, 0.2) is 5.82 Å². The van der Waals surface area contributed by atoms with E-state index in [1.54, 1.807) is 4.90 Å². The number of hydrogen-bond acceptors (Lipinski definition) is 6. The zero-order valence-electron chi connectivity index (χ0n) is 16.4. The monoisotopic (exact) mass is 361 g/mol. The molecule has 26 heavy (non-hydrogen) atoms. The second-order valence-electron chi connectivity index (χ2n) is 6.45. The standard InChI is InChI=1S/C17H27N7O2/c1-10(8-13-11(2)22-24(6)12(13)3)20-17(25)21-14-15(23(4)5)18-9-19-16(14)26-7/h9-10H,8H2,1-7H3,(H2,20,21,25)/t10-/m1/s1. The van der Waals surface area contributed by atoms with E-state index in [4.69, 9.17) is 4.74 Å². The van der Waals surface area contributed by atoms with Gasteiger partial charge in [-0.1, -0.05) is 0 Å². The van der Waals surface area contributed by atoms with E-state index in [-0.39, 0.29) is 12.1 Å². The zero-order chi connectivity index (χ0) is 19.4. The number of hydrogen-bond donors (Lipinski definition) is 2. The minimum Gasteiger partial charge on any atom is -0.479 e. The summed E-state index contributed by atoms with van der Waals surface area (Å²) in [6, 6.07) is -0.414. The number of carbonyl (C=O) groups is 1. The molecule has 0 unspecified atom stereocenters. The third-order valence-electron chi connectivity index (χ3n) is 4.19. The van der Waals surface area contributed by atoms with Crippen LogP contribution in [0.3, 0.4) is 0 Å². The Morgan fingerprint density at radius 1 is 1.35 bits per heavy atom. The summed E-state index contributed by atoms with van der Waals surface area (Å²) in [5.74, 6) is 0.879. The highest BCUT2D eigenvalue weighted by atomic mass is 16.5. The van der Waals surface area contributed by atoms with E-state index in [2.05, 4.69) is 25.7 Å². The van der Waals surface area contributed by atoms with Crippen molar-refractivity contribution in [3.8, 4) is 5.88 Å². The average Bonchev–Trinajstić information content (AvgIpc) is 2.80. The number of carbonyl (C=O) groups excluding carboxylic acids is 1. The van der Waals surface area contributed by atoms with Crippen molar-refractivity contribution in [3.63, 3.8) is 0 Å². The summed E-state index contributed by atoms with van der Waals surface area (Å²) < 4.78 is 7.09. The van der Waals surface area contributed by atoms with Gasteiger partial charge in [0, 0.05) is 32.9 Å². The van der Waals surface area contributed by atoms with Crippen molar-refractivity contribution < 1.29 is 9.53 Å². The maximum atomic E-state index is 12.5. The van der Waals surface area contributed by atoms with Crippen molar-refractivity contribution in [2.45, 2.75) is 33.2 Å². The van der Waals surface area contributed by atoms with Crippen molar-refractivity contribution in [3.05, 3.63) is 23.3 Å². The highest BCUT2D eigenvalue weighted by Crippen LogP contribution is 2.29. The van der Waals surface area contributed by atoms with Gasteiger partial charge in [0.1, 0.15) is 12.0 Å². The van der Waals surface area contributed by atoms with Crippen molar-refractivity contribution >= 4 is 17.5 Å². The number of nitrogens with one attached hydrogen (secondary N) is 2. The molecular weight excluding hydrogens is 334 g/mol. The van der Waals surface area contributed by atoms with E-state index in [9.17, 15) is 4.79 Å². The quantitative estimate of drug-likeness (QED) is 0.812. The number of aryl methyl sites for hydroxylation is 2. The maximum Gasteiger partial charge on any atom is 0.319 e. The molecule has 0 saturated heterocycles. The lowest BCUT2D eigenvalue weighted by molar-refractivity contribution is 0.249. The Morgan fingerprint density at radius 2 is 2.04 bits per heavy atom. The average molecular weight is 361 g/mol. The van der Waals surface area contributed by atoms with E-state index < -0.39 is 0 Å². The molecule has 0 radical (unpaired) electrons. The van der Waals surface area contributed by atoms with Gasteiger partial charge in [-0.05, 0) is 32.8 Å². The van der Waals surface area contributed by atoms with Crippen LogP contribution in [0.1, 0.15) is 23.9 Å². The highest BCUT2D eigenvalue weighted by Gasteiger charge is 2.19. The maximum absolute atomic E-state index is 12.5. The van der Waals surface area contributed by atoms with E-state index in [0.717, 1.165) is 17.0 Å². The fraction of sp³-hybridized carbons (Fsp3) is 0.529. The number of rotatable bonds is 6. The molecule has 0 aromatic carbocycles. The number of methoxy groups -OCH3 is 1. The third kappa shape index (κ3) is 4.22. The largest absolute Gasteiger partial charge is 0.479 e. The van der Waals surface area contributed by atoms with Gasteiger partial charge >= 0.3 is 6.03 Å². The Kier molecular flexibility index (Phi) is 6.01. The van der Waals surface area contributed by atoms with Crippen LogP contribution in [0.2, 0.25) is 0 Å². The molecule has 2 N–H and O–H groups in total. The Morgan fingerprint density at radius 3 is 2.58 bits per heavy atom. The molecular formula is C17H27N7O2. The molecule has 0 bridgehead atoms. The summed E-state index contributed by atoms with van der Waals surface area (Å²) in [5.41, 5.74) is 3.66. The topological polar surface area (TPSA) is 97.2 Å². The molecule has 142 valence electrons. The molecule has 0 fully saturated rings. The van der Waals surface area contributed by atoms with Crippen LogP contribution in [-0.2, 0) is 13.5 Å². The fourth-order valence-electron chi connectivity index (χ4n) is 2.81. The van der Waals surface area contributed by atoms with Gasteiger partial charge in [-0.2, -0.15) is 10.1 Å². The molecule has 0 aliphatic rings. The van der Waals surface area contributed by atoms with Crippen molar-refractivity contribution in [2.24, 2.45) is 7.05 Å².